The first-order valence-electron chi connectivity index (χ1n) is 7.87. The second kappa shape index (κ2) is 8.16. The van der Waals surface area contributed by atoms with Gasteiger partial charge in [-0.25, -0.2) is 0 Å². The van der Waals surface area contributed by atoms with E-state index < -0.39 is 0 Å². The maximum absolute atomic E-state index is 5.55. The molecule has 2 heteroatoms. The highest BCUT2D eigenvalue weighted by molar-refractivity contribution is 4.82. The molecule has 0 saturated heterocycles. The Morgan fingerprint density at radius 2 is 1.89 bits per heavy atom. The zero-order valence-corrected chi connectivity index (χ0v) is 12.9. The maximum Gasteiger partial charge on any atom is 0.0623 e. The molecule has 0 aromatic carbocycles. The molecule has 0 spiro atoms. The molecule has 0 aliphatic heterocycles. The van der Waals surface area contributed by atoms with E-state index in [1.165, 1.54) is 44.9 Å². The van der Waals surface area contributed by atoms with Gasteiger partial charge < -0.3 is 10.1 Å². The van der Waals surface area contributed by atoms with Crippen LogP contribution in [0.1, 0.15) is 72.1 Å². The van der Waals surface area contributed by atoms with E-state index in [0.29, 0.717) is 6.04 Å². The Labute approximate surface area is 114 Å². The van der Waals surface area contributed by atoms with Gasteiger partial charge in [0.15, 0.2) is 0 Å². The van der Waals surface area contributed by atoms with Gasteiger partial charge in [-0.15, -0.1) is 0 Å². The summed E-state index contributed by atoms with van der Waals surface area (Å²) in [5.74, 6) is 0.901. The summed E-state index contributed by atoms with van der Waals surface area (Å²) in [5, 5.41) is 3.78. The third-order valence-electron chi connectivity index (χ3n) is 4.49. The molecule has 0 bridgehead atoms. The molecule has 1 unspecified atom stereocenters. The van der Waals surface area contributed by atoms with Gasteiger partial charge >= 0.3 is 0 Å². The van der Waals surface area contributed by atoms with Crippen LogP contribution in [0.3, 0.4) is 0 Å². The molecule has 1 saturated carbocycles. The van der Waals surface area contributed by atoms with Gasteiger partial charge in [0.25, 0.3) is 0 Å². The third kappa shape index (κ3) is 5.71. The smallest absolute Gasteiger partial charge is 0.0623 e. The average Bonchev–Trinajstić information content (AvgIpc) is 2.40. The van der Waals surface area contributed by atoms with E-state index in [1.807, 2.05) is 7.11 Å². The molecule has 108 valence electrons. The van der Waals surface area contributed by atoms with Crippen LogP contribution in [-0.2, 0) is 4.74 Å². The summed E-state index contributed by atoms with van der Waals surface area (Å²) in [6.45, 7) is 7.81. The summed E-state index contributed by atoms with van der Waals surface area (Å²) >= 11 is 0. The highest BCUT2D eigenvalue weighted by Crippen LogP contribution is 2.30. The summed E-state index contributed by atoms with van der Waals surface area (Å²) in [5.41, 5.74) is 0.0286. The fourth-order valence-corrected chi connectivity index (χ4v) is 2.98. The summed E-state index contributed by atoms with van der Waals surface area (Å²) in [6.07, 6.45) is 10.8. The minimum Gasteiger partial charge on any atom is -0.379 e. The van der Waals surface area contributed by atoms with Crippen molar-refractivity contribution < 1.29 is 4.74 Å². The molecular weight excluding hydrogens is 222 g/mol. The lowest BCUT2D eigenvalue weighted by Gasteiger charge is -2.33. The van der Waals surface area contributed by atoms with Crippen LogP contribution in [0.15, 0.2) is 0 Å². The van der Waals surface area contributed by atoms with Gasteiger partial charge in [-0.05, 0) is 58.4 Å². The van der Waals surface area contributed by atoms with Crippen LogP contribution in [0.25, 0.3) is 0 Å². The number of hydrogen-bond acceptors (Lipinski definition) is 2. The normalized spacial score (nSPS) is 20.0. The molecule has 0 aromatic rings. The van der Waals surface area contributed by atoms with Crippen LogP contribution in [0.4, 0.5) is 0 Å². The lowest BCUT2D eigenvalue weighted by Crippen LogP contribution is -2.39. The summed E-state index contributed by atoms with van der Waals surface area (Å²) in [4.78, 5) is 0. The van der Waals surface area contributed by atoms with E-state index in [4.69, 9.17) is 4.74 Å². The van der Waals surface area contributed by atoms with Gasteiger partial charge in [0.05, 0.1) is 5.60 Å². The molecule has 0 amide bonds. The molecule has 1 aliphatic carbocycles. The van der Waals surface area contributed by atoms with E-state index in [9.17, 15) is 0 Å². The van der Waals surface area contributed by atoms with Crippen molar-refractivity contribution in [3.05, 3.63) is 0 Å². The number of hydrogen-bond donors (Lipinski definition) is 1. The maximum atomic E-state index is 5.55. The molecule has 1 rings (SSSR count). The van der Waals surface area contributed by atoms with Crippen molar-refractivity contribution in [3.63, 3.8) is 0 Å². The molecule has 1 fully saturated rings. The zero-order chi connectivity index (χ0) is 13.4. The fraction of sp³-hybridized carbons (Fsp3) is 1.00. The molecule has 0 aromatic heterocycles. The van der Waals surface area contributed by atoms with Crippen molar-refractivity contribution in [1.29, 1.82) is 0 Å². The van der Waals surface area contributed by atoms with Gasteiger partial charge in [-0.1, -0.05) is 26.2 Å². The van der Waals surface area contributed by atoms with Crippen molar-refractivity contribution in [2.75, 3.05) is 13.7 Å². The topological polar surface area (TPSA) is 21.3 Å². The fourth-order valence-electron chi connectivity index (χ4n) is 2.98. The summed E-state index contributed by atoms with van der Waals surface area (Å²) in [6, 6.07) is 0.708. The van der Waals surface area contributed by atoms with Gasteiger partial charge in [0, 0.05) is 13.2 Å². The largest absolute Gasteiger partial charge is 0.379 e. The van der Waals surface area contributed by atoms with Crippen molar-refractivity contribution in [1.82, 2.24) is 5.32 Å². The lowest BCUT2D eigenvalue weighted by molar-refractivity contribution is 0.00955. The van der Waals surface area contributed by atoms with E-state index in [0.717, 1.165) is 18.9 Å². The predicted molar refractivity (Wildman–Crippen MR) is 79.0 cm³/mol. The quantitative estimate of drug-likeness (QED) is 0.704. The van der Waals surface area contributed by atoms with Crippen molar-refractivity contribution >= 4 is 0 Å². The molecule has 1 aliphatic rings. The molecule has 0 radical (unpaired) electrons. The number of methoxy groups -OCH3 is 1. The highest BCUT2D eigenvalue weighted by Gasteiger charge is 2.25. The van der Waals surface area contributed by atoms with E-state index >= 15 is 0 Å². The van der Waals surface area contributed by atoms with Crippen molar-refractivity contribution in [2.45, 2.75) is 83.8 Å². The first-order valence-corrected chi connectivity index (χ1v) is 7.87. The Morgan fingerprint density at radius 1 is 1.22 bits per heavy atom. The van der Waals surface area contributed by atoms with E-state index in [-0.39, 0.29) is 5.60 Å². The Morgan fingerprint density at radius 3 is 2.44 bits per heavy atom. The number of ether oxygens (including phenoxy) is 1. The minimum absolute atomic E-state index is 0.0286. The molecule has 1 N–H and O–H groups in total. The van der Waals surface area contributed by atoms with E-state index in [2.05, 4.69) is 26.1 Å². The van der Waals surface area contributed by atoms with Crippen LogP contribution in [0.2, 0.25) is 0 Å². The van der Waals surface area contributed by atoms with Crippen LogP contribution in [0.5, 0.6) is 0 Å². The Hall–Kier alpha value is -0.0800. The Balaban J connectivity index is 2.43. The Kier molecular flexibility index (Phi) is 7.25. The minimum atomic E-state index is 0.0286. The first kappa shape index (κ1) is 16.0. The first-order chi connectivity index (χ1) is 8.59. The number of rotatable bonds is 8. The lowest BCUT2D eigenvalue weighted by atomic mass is 9.81. The van der Waals surface area contributed by atoms with Crippen molar-refractivity contribution in [3.8, 4) is 0 Å². The molecule has 1 atom stereocenters. The summed E-state index contributed by atoms with van der Waals surface area (Å²) in [7, 11) is 1.83. The van der Waals surface area contributed by atoms with Crippen LogP contribution >= 0.6 is 0 Å². The van der Waals surface area contributed by atoms with E-state index in [1.54, 1.807) is 0 Å². The second-order valence-electron chi connectivity index (χ2n) is 6.46. The van der Waals surface area contributed by atoms with Crippen LogP contribution < -0.4 is 5.32 Å². The van der Waals surface area contributed by atoms with Gasteiger partial charge in [0.2, 0.25) is 0 Å². The third-order valence-corrected chi connectivity index (χ3v) is 4.49. The highest BCUT2D eigenvalue weighted by atomic mass is 16.5. The SMILES string of the molecule is CCCNC(CCC(C)(C)OC)C1CCCCC1. The van der Waals surface area contributed by atoms with Crippen LogP contribution in [0, 0.1) is 5.92 Å². The molecule has 2 nitrogen and oxygen atoms in total. The van der Waals surface area contributed by atoms with Gasteiger partial charge in [-0.3, -0.25) is 0 Å². The standard InChI is InChI=1S/C16H33NO/c1-5-13-17-15(11-12-16(2,3)18-4)14-9-7-6-8-10-14/h14-15,17H,5-13H2,1-4H3. The second-order valence-corrected chi connectivity index (χ2v) is 6.46. The zero-order valence-electron chi connectivity index (χ0n) is 12.9. The number of nitrogens with one attached hydrogen (secondary N) is 1. The van der Waals surface area contributed by atoms with Crippen LogP contribution in [-0.4, -0.2) is 25.3 Å². The summed E-state index contributed by atoms with van der Waals surface area (Å²) < 4.78 is 5.55. The molecular formula is C16H33NO. The average molecular weight is 255 g/mol. The molecule has 18 heavy (non-hydrogen) atoms. The van der Waals surface area contributed by atoms with Gasteiger partial charge in [-0.2, -0.15) is 0 Å². The molecule has 0 heterocycles. The van der Waals surface area contributed by atoms with Gasteiger partial charge in [0.1, 0.15) is 0 Å². The van der Waals surface area contributed by atoms with Crippen molar-refractivity contribution in [2.24, 2.45) is 5.92 Å². The monoisotopic (exact) mass is 255 g/mol. The Bertz CT molecular complexity index is 209. The predicted octanol–water partition coefficient (Wildman–Crippen LogP) is 4.14.